The molecule has 21 heavy (non-hydrogen) atoms. The van der Waals surface area contributed by atoms with E-state index >= 15 is 0 Å². The van der Waals surface area contributed by atoms with Crippen molar-refractivity contribution in [2.24, 2.45) is 5.92 Å². The standard InChI is InChI=1S/C14H19N3O3S/c18-14(11-4-2-1-3-5-11)16-13-6-8-15-17(13)12-7-9-21(19,20)10-12/h1-2,6,8,11-12H,3-5,7,9-10H2,(H,16,18)/t11-,12+/m0/s1. The third-order valence-corrected chi connectivity index (χ3v) is 5.87. The first-order valence-corrected chi connectivity index (χ1v) is 9.07. The Bertz CT molecular complexity index is 663. The largest absolute Gasteiger partial charge is 0.311 e. The number of sulfone groups is 1. The Morgan fingerprint density at radius 1 is 1.33 bits per heavy atom. The van der Waals surface area contributed by atoms with Crippen LogP contribution in [0.15, 0.2) is 24.4 Å². The Morgan fingerprint density at radius 2 is 2.19 bits per heavy atom. The van der Waals surface area contributed by atoms with Crippen molar-refractivity contribution < 1.29 is 13.2 Å². The van der Waals surface area contributed by atoms with Gasteiger partial charge in [0.1, 0.15) is 5.82 Å². The number of carbonyl (C=O) groups is 1. The summed E-state index contributed by atoms with van der Waals surface area (Å²) in [5, 5.41) is 7.08. The van der Waals surface area contributed by atoms with Gasteiger partial charge in [-0.1, -0.05) is 12.2 Å². The van der Waals surface area contributed by atoms with Crippen molar-refractivity contribution in [3.8, 4) is 0 Å². The van der Waals surface area contributed by atoms with Crippen molar-refractivity contribution in [2.45, 2.75) is 31.7 Å². The highest BCUT2D eigenvalue weighted by atomic mass is 32.2. The van der Waals surface area contributed by atoms with Crippen LogP contribution in [0, 0.1) is 5.92 Å². The molecule has 0 aromatic carbocycles. The van der Waals surface area contributed by atoms with Gasteiger partial charge >= 0.3 is 0 Å². The summed E-state index contributed by atoms with van der Waals surface area (Å²) in [6.07, 6.45) is 8.83. The normalized spacial score (nSPS) is 27.6. The highest BCUT2D eigenvalue weighted by Gasteiger charge is 2.31. The molecule has 2 heterocycles. The Kier molecular flexibility index (Phi) is 3.84. The molecule has 0 saturated carbocycles. The van der Waals surface area contributed by atoms with Gasteiger partial charge in [0.2, 0.25) is 5.91 Å². The van der Waals surface area contributed by atoms with E-state index in [9.17, 15) is 13.2 Å². The number of nitrogens with one attached hydrogen (secondary N) is 1. The summed E-state index contributed by atoms with van der Waals surface area (Å²) in [7, 11) is -2.97. The molecule has 114 valence electrons. The van der Waals surface area contributed by atoms with E-state index in [2.05, 4.69) is 16.5 Å². The lowest BCUT2D eigenvalue weighted by molar-refractivity contribution is -0.120. The van der Waals surface area contributed by atoms with Crippen LogP contribution in [0.2, 0.25) is 0 Å². The predicted molar refractivity (Wildman–Crippen MR) is 79.6 cm³/mol. The van der Waals surface area contributed by atoms with Gasteiger partial charge in [0.05, 0.1) is 23.7 Å². The number of nitrogens with zero attached hydrogens (tertiary/aromatic N) is 2. The van der Waals surface area contributed by atoms with E-state index in [1.807, 2.05) is 6.08 Å². The van der Waals surface area contributed by atoms with Gasteiger partial charge in [-0.05, 0) is 25.7 Å². The summed E-state index contributed by atoms with van der Waals surface area (Å²) in [6, 6.07) is 1.55. The molecule has 1 N–H and O–H groups in total. The van der Waals surface area contributed by atoms with E-state index in [1.54, 1.807) is 16.9 Å². The lowest BCUT2D eigenvalue weighted by atomic mass is 9.94. The molecule has 1 aromatic rings. The van der Waals surface area contributed by atoms with Crippen LogP contribution in [0.25, 0.3) is 0 Å². The molecule has 1 saturated heterocycles. The zero-order valence-corrected chi connectivity index (χ0v) is 12.6. The first-order chi connectivity index (χ1) is 10.1. The molecule has 0 bridgehead atoms. The maximum atomic E-state index is 12.3. The molecular formula is C14H19N3O3S. The summed E-state index contributed by atoms with van der Waals surface area (Å²) >= 11 is 0. The van der Waals surface area contributed by atoms with Gasteiger partial charge < -0.3 is 5.32 Å². The van der Waals surface area contributed by atoms with Crippen LogP contribution < -0.4 is 5.32 Å². The quantitative estimate of drug-likeness (QED) is 0.859. The summed E-state index contributed by atoms with van der Waals surface area (Å²) in [4.78, 5) is 12.3. The average molecular weight is 309 g/mol. The number of carbonyl (C=O) groups excluding carboxylic acids is 1. The number of anilines is 1. The molecule has 1 amide bonds. The van der Waals surface area contributed by atoms with Crippen molar-refractivity contribution in [3.05, 3.63) is 24.4 Å². The third-order valence-electron chi connectivity index (χ3n) is 4.12. The first kappa shape index (κ1) is 14.3. The highest BCUT2D eigenvalue weighted by Crippen LogP contribution is 2.27. The summed E-state index contributed by atoms with van der Waals surface area (Å²) in [5.74, 6) is 0.867. The fourth-order valence-corrected chi connectivity index (χ4v) is 4.62. The minimum atomic E-state index is -2.97. The SMILES string of the molecule is O=C(Nc1ccnn1[C@@H]1CCS(=O)(=O)C1)[C@H]1CC=CCC1. The van der Waals surface area contributed by atoms with Crippen molar-refractivity contribution >= 4 is 21.6 Å². The third kappa shape index (κ3) is 3.18. The molecule has 1 aromatic heterocycles. The zero-order valence-electron chi connectivity index (χ0n) is 11.7. The second-order valence-corrected chi connectivity index (χ2v) is 7.92. The van der Waals surface area contributed by atoms with Crippen LogP contribution in [-0.4, -0.2) is 35.6 Å². The molecule has 2 atom stereocenters. The number of hydrogen-bond donors (Lipinski definition) is 1. The second-order valence-electron chi connectivity index (χ2n) is 5.69. The molecule has 6 nitrogen and oxygen atoms in total. The van der Waals surface area contributed by atoms with Gasteiger partial charge in [-0.2, -0.15) is 5.10 Å². The van der Waals surface area contributed by atoms with Gasteiger partial charge in [0.25, 0.3) is 0 Å². The average Bonchev–Trinajstić information content (AvgIpc) is 3.06. The van der Waals surface area contributed by atoms with Crippen LogP contribution in [0.5, 0.6) is 0 Å². The van der Waals surface area contributed by atoms with Crippen molar-refractivity contribution in [1.82, 2.24) is 9.78 Å². The number of amides is 1. The smallest absolute Gasteiger partial charge is 0.228 e. The van der Waals surface area contributed by atoms with E-state index in [0.717, 1.165) is 19.3 Å². The van der Waals surface area contributed by atoms with E-state index in [-0.39, 0.29) is 29.4 Å². The minimum Gasteiger partial charge on any atom is -0.311 e. The topological polar surface area (TPSA) is 81.1 Å². The molecular weight excluding hydrogens is 290 g/mol. The zero-order chi connectivity index (χ0) is 14.9. The molecule has 1 fully saturated rings. The fourth-order valence-electron chi connectivity index (χ4n) is 2.93. The van der Waals surface area contributed by atoms with Crippen LogP contribution in [0.4, 0.5) is 5.82 Å². The van der Waals surface area contributed by atoms with E-state index in [4.69, 9.17) is 0 Å². The summed E-state index contributed by atoms with van der Waals surface area (Å²) in [6.45, 7) is 0. The summed E-state index contributed by atoms with van der Waals surface area (Å²) < 4.78 is 24.8. The Hall–Kier alpha value is -1.63. The molecule has 2 aliphatic rings. The molecule has 1 aliphatic carbocycles. The number of allylic oxidation sites excluding steroid dienone is 2. The Balaban J connectivity index is 1.71. The maximum absolute atomic E-state index is 12.3. The van der Waals surface area contributed by atoms with Crippen molar-refractivity contribution in [2.75, 3.05) is 16.8 Å². The molecule has 7 heteroatoms. The number of rotatable bonds is 3. The maximum Gasteiger partial charge on any atom is 0.228 e. The van der Waals surface area contributed by atoms with E-state index in [0.29, 0.717) is 12.2 Å². The summed E-state index contributed by atoms with van der Waals surface area (Å²) in [5.41, 5.74) is 0. The predicted octanol–water partition coefficient (Wildman–Crippen LogP) is 1.54. The number of aromatic nitrogens is 2. The highest BCUT2D eigenvalue weighted by molar-refractivity contribution is 7.91. The lowest BCUT2D eigenvalue weighted by Crippen LogP contribution is -2.26. The molecule has 0 radical (unpaired) electrons. The van der Waals surface area contributed by atoms with Gasteiger partial charge in [0, 0.05) is 12.0 Å². The molecule has 0 spiro atoms. The first-order valence-electron chi connectivity index (χ1n) is 7.25. The molecule has 1 aliphatic heterocycles. The second kappa shape index (κ2) is 5.63. The minimum absolute atomic E-state index is 0.00865. The molecule has 3 rings (SSSR count). The number of hydrogen-bond acceptors (Lipinski definition) is 4. The Morgan fingerprint density at radius 3 is 2.86 bits per heavy atom. The van der Waals surface area contributed by atoms with Crippen molar-refractivity contribution in [1.29, 1.82) is 0 Å². The van der Waals surface area contributed by atoms with E-state index in [1.165, 1.54) is 0 Å². The fraction of sp³-hybridized carbons (Fsp3) is 0.571. The van der Waals surface area contributed by atoms with Gasteiger partial charge in [-0.15, -0.1) is 0 Å². The van der Waals surface area contributed by atoms with Gasteiger partial charge in [-0.25, -0.2) is 13.1 Å². The Labute approximate surface area is 124 Å². The molecule has 0 unspecified atom stereocenters. The van der Waals surface area contributed by atoms with Crippen LogP contribution in [-0.2, 0) is 14.6 Å². The van der Waals surface area contributed by atoms with Gasteiger partial charge in [0.15, 0.2) is 9.84 Å². The lowest BCUT2D eigenvalue weighted by Gasteiger charge is -2.19. The van der Waals surface area contributed by atoms with Crippen LogP contribution in [0.1, 0.15) is 31.7 Å². The van der Waals surface area contributed by atoms with Crippen molar-refractivity contribution in [3.63, 3.8) is 0 Å². The van der Waals surface area contributed by atoms with Gasteiger partial charge in [-0.3, -0.25) is 4.79 Å². The van der Waals surface area contributed by atoms with Crippen LogP contribution in [0.3, 0.4) is 0 Å². The van der Waals surface area contributed by atoms with E-state index < -0.39 is 9.84 Å². The van der Waals surface area contributed by atoms with Crippen LogP contribution >= 0.6 is 0 Å². The monoisotopic (exact) mass is 309 g/mol.